The third-order valence-electron chi connectivity index (χ3n) is 2.79. The first-order chi connectivity index (χ1) is 6.88. The van der Waals surface area contributed by atoms with Gasteiger partial charge in [-0.25, -0.2) is 9.50 Å². The molecule has 14 heavy (non-hydrogen) atoms. The summed E-state index contributed by atoms with van der Waals surface area (Å²) in [7, 11) is 0. The van der Waals surface area contributed by atoms with E-state index < -0.39 is 0 Å². The topological polar surface area (TPSA) is 30.2 Å². The number of aromatic nitrogens is 3. The van der Waals surface area contributed by atoms with Crippen LogP contribution in [0.5, 0.6) is 0 Å². The van der Waals surface area contributed by atoms with Gasteiger partial charge in [0, 0.05) is 18.0 Å². The van der Waals surface area contributed by atoms with E-state index in [0.29, 0.717) is 0 Å². The SMILES string of the molecule is CCc1ncc2ccc(C3CC3)n2n1. The summed E-state index contributed by atoms with van der Waals surface area (Å²) >= 11 is 0. The van der Waals surface area contributed by atoms with Crippen molar-refractivity contribution in [3.63, 3.8) is 0 Å². The first-order valence-corrected chi connectivity index (χ1v) is 5.22. The monoisotopic (exact) mass is 187 g/mol. The summed E-state index contributed by atoms with van der Waals surface area (Å²) in [6, 6.07) is 4.29. The summed E-state index contributed by atoms with van der Waals surface area (Å²) in [6.45, 7) is 2.08. The van der Waals surface area contributed by atoms with Gasteiger partial charge in [-0.15, -0.1) is 0 Å². The molecule has 0 spiro atoms. The number of aryl methyl sites for hydroxylation is 1. The number of nitrogens with zero attached hydrogens (tertiary/aromatic N) is 3. The van der Waals surface area contributed by atoms with E-state index in [-0.39, 0.29) is 0 Å². The molecule has 3 rings (SSSR count). The Bertz CT molecular complexity index is 468. The van der Waals surface area contributed by atoms with Gasteiger partial charge in [-0.2, -0.15) is 5.10 Å². The van der Waals surface area contributed by atoms with Crippen LogP contribution in [0.15, 0.2) is 18.3 Å². The van der Waals surface area contributed by atoms with Crippen molar-refractivity contribution in [3.05, 3.63) is 29.8 Å². The highest BCUT2D eigenvalue weighted by atomic mass is 15.3. The van der Waals surface area contributed by atoms with Crippen LogP contribution in [0.2, 0.25) is 0 Å². The van der Waals surface area contributed by atoms with Gasteiger partial charge in [0.1, 0.15) is 5.82 Å². The van der Waals surface area contributed by atoms with E-state index in [2.05, 4.69) is 33.7 Å². The normalized spacial score (nSPS) is 16.4. The molecule has 0 N–H and O–H groups in total. The van der Waals surface area contributed by atoms with Crippen LogP contribution in [-0.4, -0.2) is 14.6 Å². The van der Waals surface area contributed by atoms with Crippen LogP contribution in [0, 0.1) is 0 Å². The van der Waals surface area contributed by atoms with E-state index in [1.165, 1.54) is 18.5 Å². The van der Waals surface area contributed by atoms with Crippen molar-refractivity contribution >= 4 is 5.52 Å². The van der Waals surface area contributed by atoms with Gasteiger partial charge >= 0.3 is 0 Å². The number of hydrogen-bond acceptors (Lipinski definition) is 2. The summed E-state index contributed by atoms with van der Waals surface area (Å²) in [5, 5.41) is 4.52. The molecule has 0 aliphatic heterocycles. The first-order valence-electron chi connectivity index (χ1n) is 5.22. The molecule has 0 amide bonds. The van der Waals surface area contributed by atoms with E-state index in [1.807, 2.05) is 6.20 Å². The Morgan fingerprint density at radius 2 is 2.29 bits per heavy atom. The molecule has 0 radical (unpaired) electrons. The van der Waals surface area contributed by atoms with Crippen molar-refractivity contribution in [1.82, 2.24) is 14.6 Å². The van der Waals surface area contributed by atoms with Crippen molar-refractivity contribution in [1.29, 1.82) is 0 Å². The molecule has 1 saturated carbocycles. The first kappa shape index (κ1) is 7.97. The van der Waals surface area contributed by atoms with Crippen LogP contribution in [0.4, 0.5) is 0 Å². The highest BCUT2D eigenvalue weighted by Gasteiger charge is 2.26. The van der Waals surface area contributed by atoms with Crippen LogP contribution in [0.25, 0.3) is 5.52 Å². The van der Waals surface area contributed by atoms with Gasteiger partial charge in [-0.3, -0.25) is 0 Å². The van der Waals surface area contributed by atoms with E-state index in [0.717, 1.165) is 23.7 Å². The summed E-state index contributed by atoms with van der Waals surface area (Å²) in [5.74, 6) is 1.67. The van der Waals surface area contributed by atoms with Crippen molar-refractivity contribution in [2.75, 3.05) is 0 Å². The molecule has 1 aliphatic carbocycles. The Hall–Kier alpha value is -1.38. The quantitative estimate of drug-likeness (QED) is 0.721. The van der Waals surface area contributed by atoms with Gasteiger partial charge < -0.3 is 0 Å². The van der Waals surface area contributed by atoms with Gasteiger partial charge in [0.2, 0.25) is 0 Å². The Labute approximate surface area is 82.8 Å². The molecule has 2 heterocycles. The molecule has 3 nitrogen and oxygen atoms in total. The third-order valence-corrected chi connectivity index (χ3v) is 2.79. The number of hydrogen-bond donors (Lipinski definition) is 0. The molecule has 0 unspecified atom stereocenters. The minimum Gasteiger partial charge on any atom is -0.237 e. The minimum atomic E-state index is 0.747. The van der Waals surface area contributed by atoms with E-state index in [4.69, 9.17) is 0 Å². The number of rotatable bonds is 2. The van der Waals surface area contributed by atoms with Crippen molar-refractivity contribution in [2.24, 2.45) is 0 Å². The molecule has 0 aromatic carbocycles. The summed E-state index contributed by atoms with van der Waals surface area (Å²) in [4.78, 5) is 4.29. The van der Waals surface area contributed by atoms with Crippen LogP contribution >= 0.6 is 0 Å². The van der Waals surface area contributed by atoms with Crippen LogP contribution in [0.1, 0.15) is 37.2 Å². The van der Waals surface area contributed by atoms with Crippen LogP contribution < -0.4 is 0 Å². The van der Waals surface area contributed by atoms with Gasteiger partial charge in [-0.1, -0.05) is 6.92 Å². The lowest BCUT2D eigenvalue weighted by molar-refractivity contribution is 0.774. The lowest BCUT2D eigenvalue weighted by atomic mass is 10.3. The third kappa shape index (κ3) is 1.12. The average molecular weight is 187 g/mol. The fraction of sp³-hybridized carbons (Fsp3) is 0.455. The highest BCUT2D eigenvalue weighted by Crippen LogP contribution is 2.40. The molecule has 3 heteroatoms. The zero-order valence-corrected chi connectivity index (χ0v) is 8.27. The summed E-state index contributed by atoms with van der Waals surface area (Å²) in [5.41, 5.74) is 2.47. The maximum absolute atomic E-state index is 4.52. The Balaban J connectivity index is 2.20. The molecule has 0 saturated heterocycles. The summed E-state index contributed by atoms with van der Waals surface area (Å²) in [6.07, 6.45) is 5.45. The average Bonchev–Trinajstić information content (AvgIpc) is 2.98. The molecule has 2 aromatic heterocycles. The van der Waals surface area contributed by atoms with Crippen molar-refractivity contribution < 1.29 is 0 Å². The highest BCUT2D eigenvalue weighted by molar-refractivity contribution is 5.47. The predicted octanol–water partition coefficient (Wildman–Crippen LogP) is 2.17. The zero-order valence-electron chi connectivity index (χ0n) is 8.27. The maximum atomic E-state index is 4.52. The lowest BCUT2D eigenvalue weighted by Gasteiger charge is -2.01. The van der Waals surface area contributed by atoms with Crippen LogP contribution in [-0.2, 0) is 6.42 Å². The fourth-order valence-corrected chi connectivity index (χ4v) is 1.81. The standard InChI is InChI=1S/C11H13N3/c1-2-11-12-7-9-5-6-10(8-3-4-8)14(9)13-11/h5-8H,2-4H2,1H3. The van der Waals surface area contributed by atoms with Gasteiger partial charge in [-0.05, 0) is 25.0 Å². The van der Waals surface area contributed by atoms with E-state index in [1.54, 1.807) is 0 Å². The molecule has 1 fully saturated rings. The molecule has 0 atom stereocenters. The second-order valence-corrected chi connectivity index (χ2v) is 3.90. The zero-order chi connectivity index (χ0) is 9.54. The smallest absolute Gasteiger partial charge is 0.148 e. The molecule has 2 aromatic rings. The largest absolute Gasteiger partial charge is 0.237 e. The summed E-state index contributed by atoms with van der Waals surface area (Å²) < 4.78 is 2.06. The fourth-order valence-electron chi connectivity index (χ4n) is 1.81. The Kier molecular flexibility index (Phi) is 1.60. The minimum absolute atomic E-state index is 0.747. The Morgan fingerprint density at radius 1 is 1.43 bits per heavy atom. The predicted molar refractivity (Wildman–Crippen MR) is 54.3 cm³/mol. The van der Waals surface area contributed by atoms with Crippen molar-refractivity contribution in [3.8, 4) is 0 Å². The number of fused-ring (bicyclic) bond motifs is 1. The second-order valence-electron chi connectivity index (χ2n) is 3.90. The van der Waals surface area contributed by atoms with Gasteiger partial charge in [0.15, 0.2) is 0 Å². The lowest BCUT2D eigenvalue weighted by Crippen LogP contribution is -2.02. The van der Waals surface area contributed by atoms with E-state index >= 15 is 0 Å². The second kappa shape index (κ2) is 2.80. The molecule has 0 bridgehead atoms. The molecular formula is C11H13N3. The van der Waals surface area contributed by atoms with Gasteiger partial charge in [0.05, 0.1) is 11.7 Å². The molecule has 1 aliphatic rings. The van der Waals surface area contributed by atoms with Gasteiger partial charge in [0.25, 0.3) is 0 Å². The maximum Gasteiger partial charge on any atom is 0.148 e. The van der Waals surface area contributed by atoms with Crippen LogP contribution in [0.3, 0.4) is 0 Å². The Morgan fingerprint density at radius 3 is 3.00 bits per heavy atom. The van der Waals surface area contributed by atoms with Crippen molar-refractivity contribution in [2.45, 2.75) is 32.1 Å². The molecular weight excluding hydrogens is 174 g/mol. The van der Waals surface area contributed by atoms with E-state index in [9.17, 15) is 0 Å². The molecule has 72 valence electrons.